The van der Waals surface area contributed by atoms with Crippen LogP contribution in [0.25, 0.3) is 0 Å². The summed E-state index contributed by atoms with van der Waals surface area (Å²) >= 11 is 0. The molecule has 2 aromatic rings. The van der Waals surface area contributed by atoms with Gasteiger partial charge < -0.3 is 9.80 Å². The van der Waals surface area contributed by atoms with E-state index >= 15 is 0 Å². The number of likely N-dealkylation sites (tertiary alicyclic amines) is 2. The van der Waals surface area contributed by atoms with Crippen LogP contribution in [0.3, 0.4) is 0 Å². The molecule has 1 atom stereocenters. The van der Waals surface area contributed by atoms with Gasteiger partial charge in [0.05, 0.1) is 5.92 Å². The molecule has 28 heavy (non-hydrogen) atoms. The van der Waals surface area contributed by atoms with Crippen molar-refractivity contribution in [2.45, 2.75) is 31.6 Å². The number of hydrogen-bond acceptors (Lipinski definition) is 2. The van der Waals surface area contributed by atoms with Crippen LogP contribution in [-0.4, -0.2) is 47.8 Å². The Kier molecular flexibility index (Phi) is 5.21. The van der Waals surface area contributed by atoms with Crippen LogP contribution in [0.5, 0.6) is 0 Å². The summed E-state index contributed by atoms with van der Waals surface area (Å²) in [7, 11) is 0. The Morgan fingerprint density at radius 1 is 1.04 bits per heavy atom. The fraction of sp³-hybridized carbons (Fsp3) is 0.417. The summed E-state index contributed by atoms with van der Waals surface area (Å²) in [6.45, 7) is 4.67. The Bertz CT molecular complexity index is 795. The van der Waals surface area contributed by atoms with Crippen LogP contribution in [0.4, 0.5) is 0 Å². The quantitative estimate of drug-likeness (QED) is 0.820. The fourth-order valence-corrected chi connectivity index (χ4v) is 4.90. The molecule has 0 radical (unpaired) electrons. The molecule has 2 saturated heterocycles. The lowest BCUT2D eigenvalue weighted by molar-refractivity contribution is -0.137. The van der Waals surface area contributed by atoms with Gasteiger partial charge in [0, 0.05) is 38.0 Å². The van der Waals surface area contributed by atoms with E-state index in [1.54, 1.807) is 4.90 Å². The van der Waals surface area contributed by atoms with Gasteiger partial charge in [-0.1, -0.05) is 60.7 Å². The second-order valence-electron chi connectivity index (χ2n) is 8.01. The number of piperidine rings is 1. The van der Waals surface area contributed by atoms with Gasteiger partial charge in [-0.15, -0.1) is 0 Å². The maximum Gasteiger partial charge on any atom is 0.228 e. The highest BCUT2D eigenvalue weighted by molar-refractivity contribution is 5.89. The molecule has 2 aromatic carbocycles. The number of rotatable bonds is 4. The summed E-state index contributed by atoms with van der Waals surface area (Å²) in [6.07, 6.45) is 2.34. The maximum atomic E-state index is 13.3. The van der Waals surface area contributed by atoms with Crippen molar-refractivity contribution in [3.8, 4) is 0 Å². The maximum absolute atomic E-state index is 13.3. The number of benzene rings is 2. The first-order valence-corrected chi connectivity index (χ1v) is 10.3. The highest BCUT2D eigenvalue weighted by Crippen LogP contribution is 2.41. The van der Waals surface area contributed by atoms with Crippen molar-refractivity contribution in [3.63, 3.8) is 0 Å². The van der Waals surface area contributed by atoms with E-state index in [0.717, 1.165) is 19.4 Å². The van der Waals surface area contributed by atoms with E-state index in [0.29, 0.717) is 26.1 Å². The molecule has 4 rings (SSSR count). The third-order valence-corrected chi connectivity index (χ3v) is 6.40. The highest BCUT2D eigenvalue weighted by Gasteiger charge is 2.43. The molecule has 0 aliphatic carbocycles. The Labute approximate surface area is 167 Å². The minimum Gasteiger partial charge on any atom is -0.342 e. The average Bonchev–Trinajstić information content (AvgIpc) is 3.15. The summed E-state index contributed by atoms with van der Waals surface area (Å²) in [5.74, 6) is 0.0466. The van der Waals surface area contributed by atoms with Crippen LogP contribution in [0, 0.1) is 5.92 Å². The standard InChI is InChI=1S/C24H28N2O2/c1-2-25-17-19(16-22(25)27)23(28)26-15-9-14-24(18-26,20-10-5-3-6-11-20)21-12-7-4-8-13-21/h3-8,10-13,19H,2,9,14-18H2,1H3. The summed E-state index contributed by atoms with van der Waals surface area (Å²) in [6, 6.07) is 21.1. The van der Waals surface area contributed by atoms with Crippen LogP contribution in [0.15, 0.2) is 60.7 Å². The predicted molar refractivity (Wildman–Crippen MR) is 110 cm³/mol. The molecule has 2 amide bonds. The molecule has 2 fully saturated rings. The largest absolute Gasteiger partial charge is 0.342 e. The number of carbonyl (C=O) groups excluding carboxylic acids is 2. The monoisotopic (exact) mass is 376 g/mol. The van der Waals surface area contributed by atoms with Crippen LogP contribution in [-0.2, 0) is 15.0 Å². The zero-order chi connectivity index (χ0) is 19.6. The Morgan fingerprint density at radius 2 is 1.64 bits per heavy atom. The number of amides is 2. The molecule has 4 nitrogen and oxygen atoms in total. The van der Waals surface area contributed by atoms with Crippen LogP contribution in [0.1, 0.15) is 37.3 Å². The van der Waals surface area contributed by atoms with Gasteiger partial charge in [-0.3, -0.25) is 9.59 Å². The first-order valence-electron chi connectivity index (χ1n) is 10.3. The van der Waals surface area contributed by atoms with Gasteiger partial charge in [-0.05, 0) is 30.9 Å². The fourth-order valence-electron chi connectivity index (χ4n) is 4.90. The third kappa shape index (κ3) is 3.32. The van der Waals surface area contributed by atoms with E-state index in [1.807, 2.05) is 24.0 Å². The van der Waals surface area contributed by atoms with Crippen molar-refractivity contribution < 1.29 is 9.59 Å². The lowest BCUT2D eigenvalue weighted by Gasteiger charge is -2.44. The van der Waals surface area contributed by atoms with E-state index < -0.39 is 0 Å². The second kappa shape index (κ2) is 7.78. The summed E-state index contributed by atoms with van der Waals surface area (Å²) in [5, 5.41) is 0. The summed E-state index contributed by atoms with van der Waals surface area (Å²) < 4.78 is 0. The molecule has 2 aliphatic rings. The molecular formula is C24H28N2O2. The Balaban J connectivity index is 1.64. The SMILES string of the molecule is CCN1CC(C(=O)N2CCCC(c3ccccc3)(c3ccccc3)C2)CC1=O. The van der Waals surface area contributed by atoms with Gasteiger partial charge in [-0.25, -0.2) is 0 Å². The first kappa shape index (κ1) is 18.7. The van der Waals surface area contributed by atoms with E-state index in [4.69, 9.17) is 0 Å². The van der Waals surface area contributed by atoms with Gasteiger partial charge in [0.2, 0.25) is 11.8 Å². The van der Waals surface area contributed by atoms with E-state index in [9.17, 15) is 9.59 Å². The number of hydrogen-bond donors (Lipinski definition) is 0. The number of nitrogens with zero attached hydrogens (tertiary/aromatic N) is 2. The Hall–Kier alpha value is -2.62. The van der Waals surface area contributed by atoms with Crippen molar-refractivity contribution in [2.24, 2.45) is 5.92 Å². The summed E-state index contributed by atoms with van der Waals surface area (Å²) in [5.41, 5.74) is 2.33. The van der Waals surface area contributed by atoms with E-state index in [-0.39, 0.29) is 23.1 Å². The van der Waals surface area contributed by atoms with Crippen molar-refractivity contribution >= 4 is 11.8 Å². The second-order valence-corrected chi connectivity index (χ2v) is 8.01. The van der Waals surface area contributed by atoms with Crippen LogP contribution >= 0.6 is 0 Å². The lowest BCUT2D eigenvalue weighted by atomic mass is 9.69. The predicted octanol–water partition coefficient (Wildman–Crippen LogP) is 3.46. The topological polar surface area (TPSA) is 40.6 Å². The smallest absolute Gasteiger partial charge is 0.228 e. The minimum absolute atomic E-state index is 0.107. The van der Waals surface area contributed by atoms with Crippen LogP contribution in [0.2, 0.25) is 0 Å². The highest BCUT2D eigenvalue weighted by atomic mass is 16.2. The van der Waals surface area contributed by atoms with Crippen molar-refractivity contribution in [3.05, 3.63) is 71.8 Å². The van der Waals surface area contributed by atoms with Gasteiger partial charge in [0.15, 0.2) is 0 Å². The lowest BCUT2D eigenvalue weighted by Crippen LogP contribution is -2.51. The molecule has 0 saturated carbocycles. The van der Waals surface area contributed by atoms with Crippen molar-refractivity contribution in [1.82, 2.24) is 9.80 Å². The third-order valence-electron chi connectivity index (χ3n) is 6.40. The van der Waals surface area contributed by atoms with Gasteiger partial charge >= 0.3 is 0 Å². The van der Waals surface area contributed by atoms with Crippen molar-refractivity contribution in [2.75, 3.05) is 26.2 Å². The van der Waals surface area contributed by atoms with E-state index in [2.05, 4.69) is 48.5 Å². The van der Waals surface area contributed by atoms with Crippen LogP contribution < -0.4 is 0 Å². The zero-order valence-corrected chi connectivity index (χ0v) is 16.5. The molecule has 0 bridgehead atoms. The van der Waals surface area contributed by atoms with Gasteiger partial charge in [0.25, 0.3) is 0 Å². The molecule has 0 N–H and O–H groups in total. The molecule has 2 heterocycles. The van der Waals surface area contributed by atoms with E-state index in [1.165, 1.54) is 11.1 Å². The molecule has 146 valence electrons. The molecule has 2 aliphatic heterocycles. The molecule has 1 unspecified atom stereocenters. The minimum atomic E-state index is -0.199. The zero-order valence-electron chi connectivity index (χ0n) is 16.5. The summed E-state index contributed by atoms with van der Waals surface area (Å²) in [4.78, 5) is 29.2. The number of carbonyl (C=O) groups is 2. The first-order chi connectivity index (χ1) is 13.6. The molecule has 4 heteroatoms. The van der Waals surface area contributed by atoms with Gasteiger partial charge in [0.1, 0.15) is 0 Å². The normalized spacial score (nSPS) is 21.8. The average molecular weight is 377 g/mol. The molecule has 0 aromatic heterocycles. The molecular weight excluding hydrogens is 348 g/mol. The van der Waals surface area contributed by atoms with Crippen molar-refractivity contribution in [1.29, 1.82) is 0 Å². The van der Waals surface area contributed by atoms with Gasteiger partial charge in [-0.2, -0.15) is 0 Å². The Morgan fingerprint density at radius 3 is 2.18 bits per heavy atom. The molecule has 0 spiro atoms.